The van der Waals surface area contributed by atoms with Crippen LogP contribution < -0.4 is 0 Å². The topological polar surface area (TPSA) is 37.4 Å². The van der Waals surface area contributed by atoms with E-state index in [2.05, 4.69) is 0 Å². The first kappa shape index (κ1) is 12.6. The van der Waals surface area contributed by atoms with Crippen molar-refractivity contribution >= 4 is 23.4 Å². The molecule has 1 unspecified atom stereocenters. The molecule has 1 aliphatic carbocycles. The average molecular weight is 298 g/mol. The second-order valence-electron chi connectivity index (χ2n) is 5.42. The number of halogens is 1. The van der Waals surface area contributed by atoms with Crippen molar-refractivity contribution in [1.82, 2.24) is 4.90 Å². The largest absolute Gasteiger partial charge is 0.269 e. The Hall–Kier alpha value is -2.13. The van der Waals surface area contributed by atoms with E-state index in [4.69, 9.17) is 11.6 Å². The number of amides is 2. The normalized spacial score (nSPS) is 19.9. The molecule has 2 aromatic rings. The lowest BCUT2D eigenvalue weighted by molar-refractivity contribution is 0.0582. The summed E-state index contributed by atoms with van der Waals surface area (Å²) in [5.74, 6) is -0.383. The zero-order valence-electron chi connectivity index (χ0n) is 11.2. The van der Waals surface area contributed by atoms with Crippen molar-refractivity contribution in [2.45, 2.75) is 18.9 Å². The number of benzene rings is 2. The molecular weight excluding hydrogens is 286 g/mol. The predicted molar refractivity (Wildman–Crippen MR) is 79.5 cm³/mol. The molecule has 4 heteroatoms. The number of nitrogens with zero attached hydrogens (tertiary/aromatic N) is 1. The molecule has 0 N–H and O–H groups in total. The van der Waals surface area contributed by atoms with E-state index in [0.29, 0.717) is 16.1 Å². The number of carbonyl (C=O) groups is 2. The highest BCUT2D eigenvalue weighted by Gasteiger charge is 2.42. The number of hydrogen-bond donors (Lipinski definition) is 0. The van der Waals surface area contributed by atoms with Gasteiger partial charge in [0.1, 0.15) is 0 Å². The fourth-order valence-electron chi connectivity index (χ4n) is 3.32. The molecule has 21 heavy (non-hydrogen) atoms. The van der Waals surface area contributed by atoms with E-state index in [1.54, 1.807) is 24.3 Å². The van der Waals surface area contributed by atoms with Gasteiger partial charge in [-0.15, -0.1) is 0 Å². The van der Waals surface area contributed by atoms with Crippen LogP contribution >= 0.6 is 11.6 Å². The van der Waals surface area contributed by atoms with Gasteiger partial charge >= 0.3 is 0 Å². The van der Waals surface area contributed by atoms with Crippen LogP contribution in [0.2, 0.25) is 5.02 Å². The Morgan fingerprint density at radius 2 is 1.67 bits per heavy atom. The first-order valence-corrected chi connectivity index (χ1v) is 7.30. The molecule has 0 saturated carbocycles. The summed E-state index contributed by atoms with van der Waals surface area (Å²) < 4.78 is 0. The van der Waals surface area contributed by atoms with Crippen molar-refractivity contribution in [2.75, 3.05) is 0 Å². The number of rotatable bonds is 1. The summed E-state index contributed by atoms with van der Waals surface area (Å²) in [4.78, 5) is 26.5. The molecule has 0 spiro atoms. The van der Waals surface area contributed by atoms with Crippen molar-refractivity contribution in [3.8, 4) is 0 Å². The Bertz CT molecular complexity index is 749. The third-order valence-corrected chi connectivity index (χ3v) is 4.52. The molecule has 2 aliphatic rings. The second kappa shape index (κ2) is 4.43. The van der Waals surface area contributed by atoms with Gasteiger partial charge in [0.25, 0.3) is 11.8 Å². The van der Waals surface area contributed by atoms with Crippen molar-refractivity contribution in [3.63, 3.8) is 0 Å². The van der Waals surface area contributed by atoms with E-state index in [9.17, 15) is 9.59 Å². The Kier molecular flexibility index (Phi) is 2.66. The Morgan fingerprint density at radius 3 is 2.33 bits per heavy atom. The van der Waals surface area contributed by atoms with E-state index in [-0.39, 0.29) is 17.9 Å². The van der Waals surface area contributed by atoms with Crippen LogP contribution in [0, 0.1) is 0 Å². The Labute approximate surface area is 127 Å². The van der Waals surface area contributed by atoms with Crippen molar-refractivity contribution in [2.24, 2.45) is 0 Å². The molecule has 0 aromatic heterocycles. The quantitative estimate of drug-likeness (QED) is 0.754. The monoisotopic (exact) mass is 297 g/mol. The van der Waals surface area contributed by atoms with Crippen LogP contribution in [0.1, 0.15) is 44.3 Å². The van der Waals surface area contributed by atoms with Gasteiger partial charge in [-0.25, -0.2) is 0 Å². The lowest BCUT2D eigenvalue weighted by atomic mass is 10.1. The molecular formula is C17H12ClNO2. The average Bonchev–Trinajstić information content (AvgIpc) is 2.99. The Morgan fingerprint density at radius 1 is 1.00 bits per heavy atom. The zero-order chi connectivity index (χ0) is 14.6. The van der Waals surface area contributed by atoms with Crippen molar-refractivity contribution in [3.05, 3.63) is 69.7 Å². The standard InChI is InChI=1S/C17H12ClNO2/c18-11-6-7-12-10(9-11)5-8-15(12)19-16(20)13-3-1-2-4-14(13)17(19)21/h1-4,6-7,9,15H,5,8H2. The molecule has 0 fully saturated rings. The maximum Gasteiger partial charge on any atom is 0.262 e. The fraction of sp³-hybridized carbons (Fsp3) is 0.176. The van der Waals surface area contributed by atoms with Gasteiger partial charge in [-0.05, 0) is 48.2 Å². The molecule has 0 bridgehead atoms. The summed E-state index contributed by atoms with van der Waals surface area (Å²) in [5, 5.41) is 0.691. The van der Waals surface area contributed by atoms with Crippen LogP contribution in [0.25, 0.3) is 0 Å². The van der Waals surface area contributed by atoms with E-state index < -0.39 is 0 Å². The molecule has 0 saturated heterocycles. The molecule has 0 radical (unpaired) electrons. The van der Waals surface area contributed by atoms with E-state index in [0.717, 1.165) is 24.0 Å². The number of imide groups is 1. The van der Waals surface area contributed by atoms with Gasteiger partial charge in [-0.3, -0.25) is 14.5 Å². The maximum absolute atomic E-state index is 12.5. The predicted octanol–water partition coefficient (Wildman–Crippen LogP) is 3.62. The molecule has 2 aromatic carbocycles. The van der Waals surface area contributed by atoms with Gasteiger partial charge in [0.15, 0.2) is 0 Å². The number of hydrogen-bond acceptors (Lipinski definition) is 2. The minimum atomic E-state index is -0.191. The fourth-order valence-corrected chi connectivity index (χ4v) is 3.52. The lowest BCUT2D eigenvalue weighted by Gasteiger charge is -2.23. The van der Waals surface area contributed by atoms with Crippen molar-refractivity contribution in [1.29, 1.82) is 0 Å². The Balaban J connectivity index is 1.78. The lowest BCUT2D eigenvalue weighted by Crippen LogP contribution is -2.33. The SMILES string of the molecule is O=C1c2ccccc2C(=O)N1C1CCc2cc(Cl)ccc21. The highest BCUT2D eigenvalue weighted by molar-refractivity contribution is 6.30. The first-order valence-electron chi connectivity index (χ1n) is 6.92. The molecule has 1 aliphatic heterocycles. The minimum absolute atomic E-state index is 0.176. The molecule has 2 amide bonds. The third-order valence-electron chi connectivity index (χ3n) is 4.29. The van der Waals surface area contributed by atoms with Crippen LogP contribution in [0.5, 0.6) is 0 Å². The smallest absolute Gasteiger partial charge is 0.262 e. The number of carbonyl (C=O) groups excluding carboxylic acids is 2. The highest BCUT2D eigenvalue weighted by atomic mass is 35.5. The van der Waals surface area contributed by atoms with Gasteiger partial charge in [-0.1, -0.05) is 29.8 Å². The molecule has 1 atom stereocenters. The third kappa shape index (κ3) is 1.74. The summed E-state index contributed by atoms with van der Waals surface area (Å²) in [5.41, 5.74) is 3.17. The van der Waals surface area contributed by atoms with E-state index in [1.807, 2.05) is 18.2 Å². The minimum Gasteiger partial charge on any atom is -0.269 e. The van der Waals surface area contributed by atoms with E-state index >= 15 is 0 Å². The second-order valence-corrected chi connectivity index (χ2v) is 5.86. The molecule has 4 rings (SSSR count). The summed E-state index contributed by atoms with van der Waals surface area (Å²) in [6, 6.07) is 12.5. The van der Waals surface area contributed by atoms with Crippen LogP contribution in [-0.2, 0) is 6.42 Å². The summed E-state index contributed by atoms with van der Waals surface area (Å²) in [6.07, 6.45) is 1.61. The molecule has 1 heterocycles. The maximum atomic E-state index is 12.5. The number of aryl methyl sites for hydroxylation is 1. The van der Waals surface area contributed by atoms with Gasteiger partial charge in [-0.2, -0.15) is 0 Å². The van der Waals surface area contributed by atoms with E-state index in [1.165, 1.54) is 4.90 Å². The number of fused-ring (bicyclic) bond motifs is 2. The van der Waals surface area contributed by atoms with Gasteiger partial charge in [0, 0.05) is 5.02 Å². The van der Waals surface area contributed by atoms with Gasteiger partial charge in [0.2, 0.25) is 0 Å². The summed E-state index contributed by atoms with van der Waals surface area (Å²) in [7, 11) is 0. The molecule has 3 nitrogen and oxygen atoms in total. The van der Waals surface area contributed by atoms with Crippen LogP contribution in [0.15, 0.2) is 42.5 Å². The van der Waals surface area contributed by atoms with Gasteiger partial charge < -0.3 is 0 Å². The molecule has 104 valence electrons. The van der Waals surface area contributed by atoms with Crippen LogP contribution in [0.3, 0.4) is 0 Å². The summed E-state index contributed by atoms with van der Waals surface area (Å²) in [6.45, 7) is 0. The van der Waals surface area contributed by atoms with Crippen LogP contribution in [0.4, 0.5) is 0 Å². The van der Waals surface area contributed by atoms with Gasteiger partial charge in [0.05, 0.1) is 17.2 Å². The first-order chi connectivity index (χ1) is 10.2. The summed E-state index contributed by atoms with van der Waals surface area (Å²) >= 11 is 6.01. The highest BCUT2D eigenvalue weighted by Crippen LogP contribution is 2.40. The van der Waals surface area contributed by atoms with Crippen molar-refractivity contribution < 1.29 is 9.59 Å². The van der Waals surface area contributed by atoms with Crippen LogP contribution in [-0.4, -0.2) is 16.7 Å². The zero-order valence-corrected chi connectivity index (χ0v) is 11.9.